The summed E-state index contributed by atoms with van der Waals surface area (Å²) in [5.74, 6) is 0.387. The average Bonchev–Trinajstić information content (AvgIpc) is 3.14. The second kappa shape index (κ2) is 38.6. The minimum Gasteiger partial charge on any atom is -0.396 e. The van der Waals surface area contributed by atoms with Gasteiger partial charge in [0.15, 0.2) is 0 Å². The molecule has 0 heterocycles. The normalized spacial score (nSPS) is 12.3. The van der Waals surface area contributed by atoms with Crippen LogP contribution in [0, 0.1) is 0 Å². The van der Waals surface area contributed by atoms with Crippen molar-refractivity contribution in [2.75, 3.05) is 39.3 Å². The molecular formula is C45H92N3O3+. The van der Waals surface area contributed by atoms with Gasteiger partial charge in [0.2, 0.25) is 11.8 Å². The van der Waals surface area contributed by atoms with Gasteiger partial charge in [-0.25, -0.2) is 0 Å². The van der Waals surface area contributed by atoms with E-state index >= 15 is 0 Å². The van der Waals surface area contributed by atoms with E-state index < -0.39 is 0 Å². The first-order valence-corrected chi connectivity index (χ1v) is 23.0. The predicted molar refractivity (Wildman–Crippen MR) is 222 cm³/mol. The smallest absolute Gasteiger partial charge is 0.220 e. The molecule has 0 saturated heterocycles. The first-order chi connectivity index (χ1) is 25.0. The van der Waals surface area contributed by atoms with Crippen molar-refractivity contribution in [2.24, 2.45) is 0 Å². The van der Waals surface area contributed by atoms with Crippen molar-refractivity contribution >= 4 is 11.8 Å². The van der Waals surface area contributed by atoms with Crippen molar-refractivity contribution in [1.82, 2.24) is 10.6 Å². The Labute approximate surface area is 319 Å². The lowest BCUT2D eigenvalue weighted by molar-refractivity contribution is -0.925. The van der Waals surface area contributed by atoms with Gasteiger partial charge in [-0.05, 0) is 39.5 Å². The van der Waals surface area contributed by atoms with Gasteiger partial charge in [0.1, 0.15) is 0 Å². The van der Waals surface area contributed by atoms with Crippen molar-refractivity contribution in [2.45, 2.75) is 239 Å². The quantitative estimate of drug-likeness (QED) is 0.0434. The van der Waals surface area contributed by atoms with E-state index in [4.69, 9.17) is 0 Å². The minimum atomic E-state index is 0.127. The lowest BCUT2D eigenvalue weighted by atomic mass is 10.0. The highest BCUT2D eigenvalue weighted by atomic mass is 16.3. The first-order valence-electron chi connectivity index (χ1n) is 23.0. The minimum absolute atomic E-state index is 0.127. The Hall–Kier alpha value is -1.14. The molecule has 0 spiro atoms. The molecule has 0 aliphatic heterocycles. The van der Waals surface area contributed by atoms with E-state index in [9.17, 15) is 14.7 Å². The number of carbonyl (C=O) groups excluding carboxylic acids is 2. The van der Waals surface area contributed by atoms with Crippen molar-refractivity contribution < 1.29 is 19.2 Å². The highest BCUT2D eigenvalue weighted by Gasteiger charge is 2.25. The van der Waals surface area contributed by atoms with E-state index in [-0.39, 0.29) is 24.5 Å². The van der Waals surface area contributed by atoms with Gasteiger partial charge in [-0.2, -0.15) is 0 Å². The summed E-state index contributed by atoms with van der Waals surface area (Å²) in [6.07, 6.45) is 39.1. The zero-order valence-corrected chi connectivity index (χ0v) is 35.2. The van der Waals surface area contributed by atoms with Gasteiger partial charge < -0.3 is 20.2 Å². The van der Waals surface area contributed by atoms with Crippen molar-refractivity contribution in [1.29, 1.82) is 0 Å². The Morgan fingerprint density at radius 1 is 0.471 bits per heavy atom. The predicted octanol–water partition coefficient (Wildman–Crippen LogP) is 12.0. The van der Waals surface area contributed by atoms with E-state index in [1.807, 2.05) is 0 Å². The SMILES string of the molecule is CCCCCCCCCCCCCCCC(=O)NCCC[N+](CC)(CC)CCC(CCCO)NC(=O)CCCCCCCCCCCCCCC. The molecule has 2 amide bonds. The number of hydrogen-bond acceptors (Lipinski definition) is 3. The summed E-state index contributed by atoms with van der Waals surface area (Å²) in [6.45, 7) is 14.2. The summed E-state index contributed by atoms with van der Waals surface area (Å²) in [6, 6.07) is 0.127. The van der Waals surface area contributed by atoms with Crippen LogP contribution >= 0.6 is 0 Å². The zero-order chi connectivity index (χ0) is 37.5. The van der Waals surface area contributed by atoms with Gasteiger partial charge in [-0.3, -0.25) is 9.59 Å². The van der Waals surface area contributed by atoms with Gasteiger partial charge in [0.05, 0.1) is 26.2 Å². The third-order valence-electron chi connectivity index (χ3n) is 11.5. The van der Waals surface area contributed by atoms with E-state index in [1.165, 1.54) is 148 Å². The highest BCUT2D eigenvalue weighted by molar-refractivity contribution is 5.76. The van der Waals surface area contributed by atoms with Crippen LogP contribution in [0.1, 0.15) is 233 Å². The molecule has 0 saturated carbocycles. The van der Waals surface area contributed by atoms with Crippen LogP contribution in [-0.4, -0.2) is 66.8 Å². The Bertz CT molecular complexity index is 742. The third kappa shape index (κ3) is 33.2. The number of rotatable bonds is 41. The molecule has 6 heteroatoms. The maximum Gasteiger partial charge on any atom is 0.220 e. The van der Waals surface area contributed by atoms with E-state index in [2.05, 4.69) is 38.3 Å². The molecule has 6 nitrogen and oxygen atoms in total. The summed E-state index contributed by atoms with van der Waals surface area (Å²) in [4.78, 5) is 25.3. The highest BCUT2D eigenvalue weighted by Crippen LogP contribution is 2.16. The fourth-order valence-electron chi connectivity index (χ4n) is 7.66. The van der Waals surface area contributed by atoms with Crippen LogP contribution in [0.2, 0.25) is 0 Å². The molecule has 3 N–H and O–H groups in total. The van der Waals surface area contributed by atoms with Crippen molar-refractivity contribution in [3.05, 3.63) is 0 Å². The number of nitrogens with zero attached hydrogens (tertiary/aromatic N) is 1. The molecule has 0 rings (SSSR count). The fraction of sp³-hybridized carbons (Fsp3) is 0.956. The number of unbranched alkanes of at least 4 members (excludes halogenated alkanes) is 24. The van der Waals surface area contributed by atoms with Crippen LogP contribution in [0.3, 0.4) is 0 Å². The summed E-state index contributed by atoms with van der Waals surface area (Å²) in [7, 11) is 0. The lowest BCUT2D eigenvalue weighted by Crippen LogP contribution is -2.51. The standard InChI is InChI=1S/C45H91N3O3/c1-5-9-11-13-15-17-19-21-23-25-27-29-31-36-44(50)46-39-34-40-48(7-3,8-4)41-38-43(35-33-42-49)47-45(51)37-32-30-28-26-24-22-20-18-16-14-12-10-6-2/h43,49H,5-42H2,1-4H3,(H-,46,47,50,51)/p+1. The van der Waals surface area contributed by atoms with Crippen LogP contribution in [-0.2, 0) is 9.59 Å². The first kappa shape index (κ1) is 49.9. The maximum absolute atomic E-state index is 12.8. The number of carbonyl (C=O) groups is 2. The molecule has 51 heavy (non-hydrogen) atoms. The van der Waals surface area contributed by atoms with E-state index in [1.54, 1.807) is 0 Å². The number of nitrogens with one attached hydrogen (secondary N) is 2. The zero-order valence-electron chi connectivity index (χ0n) is 35.2. The van der Waals surface area contributed by atoms with Crippen LogP contribution in [0.25, 0.3) is 0 Å². The second-order valence-electron chi connectivity index (χ2n) is 16.0. The second-order valence-corrected chi connectivity index (χ2v) is 16.0. The molecule has 0 fully saturated rings. The maximum atomic E-state index is 12.8. The molecule has 0 radical (unpaired) electrons. The van der Waals surface area contributed by atoms with Gasteiger partial charge >= 0.3 is 0 Å². The molecule has 304 valence electrons. The summed E-state index contributed by atoms with van der Waals surface area (Å²) < 4.78 is 1.01. The number of aliphatic hydroxyl groups is 1. The number of hydrogen-bond donors (Lipinski definition) is 3. The molecule has 1 unspecified atom stereocenters. The molecule has 0 aromatic rings. The van der Waals surface area contributed by atoms with Gasteiger partial charge in [0, 0.05) is 44.9 Å². The molecule has 0 bridgehead atoms. The summed E-state index contributed by atoms with van der Waals surface area (Å²) >= 11 is 0. The van der Waals surface area contributed by atoms with E-state index in [0.717, 1.165) is 82.2 Å². The molecule has 0 aliphatic rings. The Kier molecular flexibility index (Phi) is 37.7. The number of quaternary nitrogens is 1. The summed E-state index contributed by atoms with van der Waals surface area (Å²) in [5, 5.41) is 16.0. The topological polar surface area (TPSA) is 78.4 Å². The Morgan fingerprint density at radius 2 is 0.863 bits per heavy atom. The molecule has 0 aliphatic carbocycles. The monoisotopic (exact) mass is 723 g/mol. The van der Waals surface area contributed by atoms with Crippen LogP contribution in [0.15, 0.2) is 0 Å². The van der Waals surface area contributed by atoms with Gasteiger partial charge in [-0.15, -0.1) is 0 Å². The molecule has 0 aromatic heterocycles. The fourth-order valence-corrected chi connectivity index (χ4v) is 7.66. The number of aliphatic hydroxyl groups excluding tert-OH is 1. The lowest BCUT2D eigenvalue weighted by Gasteiger charge is -2.38. The van der Waals surface area contributed by atoms with Gasteiger partial charge in [0.25, 0.3) is 0 Å². The van der Waals surface area contributed by atoms with Crippen molar-refractivity contribution in [3.63, 3.8) is 0 Å². The molecule has 1 atom stereocenters. The van der Waals surface area contributed by atoms with Crippen LogP contribution < -0.4 is 10.6 Å². The Balaban J connectivity index is 4.12. The third-order valence-corrected chi connectivity index (χ3v) is 11.5. The average molecular weight is 723 g/mol. The molecule has 0 aromatic carbocycles. The molecular weight excluding hydrogens is 631 g/mol. The van der Waals surface area contributed by atoms with Gasteiger partial charge in [-0.1, -0.05) is 168 Å². The Morgan fingerprint density at radius 3 is 1.25 bits per heavy atom. The summed E-state index contributed by atoms with van der Waals surface area (Å²) in [5.41, 5.74) is 0. The van der Waals surface area contributed by atoms with Crippen LogP contribution in [0.4, 0.5) is 0 Å². The largest absolute Gasteiger partial charge is 0.396 e. The number of amides is 2. The van der Waals surface area contributed by atoms with Crippen molar-refractivity contribution in [3.8, 4) is 0 Å². The van der Waals surface area contributed by atoms with E-state index in [0.29, 0.717) is 12.8 Å². The van der Waals surface area contributed by atoms with Crippen LogP contribution in [0.5, 0.6) is 0 Å².